The van der Waals surface area contributed by atoms with Gasteiger partial charge in [0.2, 0.25) is 0 Å². The fourth-order valence-corrected chi connectivity index (χ4v) is 1.71. The molecular formula is C14H17FN4. The summed E-state index contributed by atoms with van der Waals surface area (Å²) in [5.74, 6) is 0.717. The van der Waals surface area contributed by atoms with Crippen molar-refractivity contribution in [3.05, 3.63) is 53.9 Å². The fraction of sp³-hybridized carbons (Fsp3) is 0.286. The standard InChI is InChI=1S/C14H17FN4/c1-18(10-14-16-11-17-19(14)2)9-3-4-12-5-7-13(15)8-6-12/h3-8,11H,9-10H2,1-2H3/b4-3+. The summed E-state index contributed by atoms with van der Waals surface area (Å²) in [6.07, 6.45) is 5.58. The summed E-state index contributed by atoms with van der Waals surface area (Å²) in [6.45, 7) is 1.54. The van der Waals surface area contributed by atoms with Crippen LogP contribution in [0.15, 0.2) is 36.7 Å². The smallest absolute Gasteiger partial charge is 0.140 e. The summed E-state index contributed by atoms with van der Waals surface area (Å²) < 4.78 is 14.5. The number of benzene rings is 1. The summed E-state index contributed by atoms with van der Waals surface area (Å²) in [7, 11) is 3.90. The lowest BCUT2D eigenvalue weighted by atomic mass is 10.2. The molecule has 0 saturated heterocycles. The van der Waals surface area contributed by atoms with Crippen LogP contribution in [-0.4, -0.2) is 33.3 Å². The first kappa shape index (κ1) is 13.4. The molecule has 0 aliphatic rings. The third-order valence-electron chi connectivity index (χ3n) is 2.81. The molecule has 1 aromatic heterocycles. The van der Waals surface area contributed by atoms with Gasteiger partial charge in [-0.05, 0) is 24.7 Å². The van der Waals surface area contributed by atoms with E-state index in [1.807, 2.05) is 26.2 Å². The van der Waals surface area contributed by atoms with E-state index in [9.17, 15) is 4.39 Å². The molecule has 0 aliphatic heterocycles. The molecule has 1 heterocycles. The zero-order valence-corrected chi connectivity index (χ0v) is 11.1. The van der Waals surface area contributed by atoms with E-state index in [2.05, 4.69) is 15.0 Å². The fourth-order valence-electron chi connectivity index (χ4n) is 1.71. The van der Waals surface area contributed by atoms with Crippen LogP contribution in [-0.2, 0) is 13.6 Å². The van der Waals surface area contributed by atoms with Gasteiger partial charge in [-0.3, -0.25) is 9.58 Å². The molecule has 0 bridgehead atoms. The van der Waals surface area contributed by atoms with Crippen LogP contribution < -0.4 is 0 Å². The van der Waals surface area contributed by atoms with Gasteiger partial charge in [0.15, 0.2) is 0 Å². The van der Waals surface area contributed by atoms with E-state index < -0.39 is 0 Å². The van der Waals surface area contributed by atoms with Crippen molar-refractivity contribution < 1.29 is 4.39 Å². The Hall–Kier alpha value is -2.01. The summed E-state index contributed by atoms with van der Waals surface area (Å²) in [5.41, 5.74) is 0.994. The van der Waals surface area contributed by atoms with E-state index in [-0.39, 0.29) is 5.82 Å². The number of hydrogen-bond donors (Lipinski definition) is 0. The molecule has 2 rings (SSSR count). The molecular weight excluding hydrogens is 243 g/mol. The van der Waals surface area contributed by atoms with Crippen LogP contribution in [0.5, 0.6) is 0 Å². The van der Waals surface area contributed by atoms with Crippen LogP contribution in [0.4, 0.5) is 4.39 Å². The van der Waals surface area contributed by atoms with Crippen molar-refractivity contribution in [3.8, 4) is 0 Å². The molecule has 0 N–H and O–H groups in total. The molecule has 2 aromatic rings. The Bertz CT molecular complexity index is 545. The van der Waals surface area contributed by atoms with Crippen molar-refractivity contribution in [2.75, 3.05) is 13.6 Å². The molecule has 0 aliphatic carbocycles. The zero-order valence-electron chi connectivity index (χ0n) is 11.1. The molecule has 100 valence electrons. The van der Waals surface area contributed by atoms with Gasteiger partial charge in [0, 0.05) is 13.6 Å². The predicted octanol–water partition coefficient (Wildman–Crippen LogP) is 2.10. The Morgan fingerprint density at radius 2 is 2.05 bits per heavy atom. The van der Waals surface area contributed by atoms with Gasteiger partial charge in [0.25, 0.3) is 0 Å². The number of aryl methyl sites for hydroxylation is 1. The minimum atomic E-state index is -0.212. The van der Waals surface area contributed by atoms with Crippen LogP contribution in [0, 0.1) is 5.82 Å². The third kappa shape index (κ3) is 3.99. The first-order valence-corrected chi connectivity index (χ1v) is 6.08. The maximum Gasteiger partial charge on any atom is 0.140 e. The molecule has 1 aromatic carbocycles. The van der Waals surface area contributed by atoms with E-state index in [1.165, 1.54) is 12.1 Å². The van der Waals surface area contributed by atoms with Gasteiger partial charge < -0.3 is 0 Å². The first-order valence-electron chi connectivity index (χ1n) is 6.08. The summed E-state index contributed by atoms with van der Waals surface area (Å²) in [4.78, 5) is 6.31. The Labute approximate surface area is 112 Å². The topological polar surface area (TPSA) is 34.0 Å². The minimum Gasteiger partial charge on any atom is -0.295 e. The quantitative estimate of drug-likeness (QED) is 0.825. The van der Waals surface area contributed by atoms with Gasteiger partial charge in [-0.1, -0.05) is 24.3 Å². The maximum absolute atomic E-state index is 12.7. The summed E-state index contributed by atoms with van der Waals surface area (Å²) >= 11 is 0. The van der Waals surface area contributed by atoms with Crippen LogP contribution in [0.2, 0.25) is 0 Å². The number of nitrogens with zero attached hydrogens (tertiary/aromatic N) is 4. The highest BCUT2D eigenvalue weighted by molar-refractivity contribution is 5.48. The van der Waals surface area contributed by atoms with Crippen molar-refractivity contribution in [2.45, 2.75) is 6.54 Å². The Morgan fingerprint density at radius 3 is 2.68 bits per heavy atom. The van der Waals surface area contributed by atoms with Crippen molar-refractivity contribution >= 4 is 6.08 Å². The summed E-state index contributed by atoms with van der Waals surface area (Å²) in [6, 6.07) is 6.44. The van der Waals surface area contributed by atoms with Crippen LogP contribution in [0.3, 0.4) is 0 Å². The maximum atomic E-state index is 12.7. The highest BCUT2D eigenvalue weighted by Crippen LogP contribution is 2.05. The second kappa shape index (κ2) is 6.24. The van der Waals surface area contributed by atoms with Gasteiger partial charge in [-0.2, -0.15) is 5.10 Å². The van der Waals surface area contributed by atoms with Gasteiger partial charge in [-0.25, -0.2) is 9.37 Å². The molecule has 0 fully saturated rings. The molecule has 19 heavy (non-hydrogen) atoms. The zero-order chi connectivity index (χ0) is 13.7. The molecule has 4 nitrogen and oxygen atoms in total. The van der Waals surface area contributed by atoms with Crippen molar-refractivity contribution in [1.82, 2.24) is 19.7 Å². The number of halogens is 1. The lowest BCUT2D eigenvalue weighted by molar-refractivity contribution is 0.347. The van der Waals surface area contributed by atoms with Gasteiger partial charge in [0.05, 0.1) is 6.54 Å². The number of hydrogen-bond acceptors (Lipinski definition) is 3. The van der Waals surface area contributed by atoms with Gasteiger partial charge in [-0.15, -0.1) is 0 Å². The lowest BCUT2D eigenvalue weighted by Gasteiger charge is -2.13. The first-order chi connectivity index (χ1) is 9.15. The number of aromatic nitrogens is 3. The molecule has 5 heteroatoms. The Balaban J connectivity index is 1.85. The van der Waals surface area contributed by atoms with E-state index in [4.69, 9.17) is 0 Å². The summed E-state index contributed by atoms with van der Waals surface area (Å²) in [5, 5.41) is 4.03. The van der Waals surface area contributed by atoms with Crippen LogP contribution in [0.25, 0.3) is 6.08 Å². The average molecular weight is 260 g/mol. The predicted molar refractivity (Wildman–Crippen MR) is 72.8 cm³/mol. The molecule has 0 radical (unpaired) electrons. The van der Waals surface area contributed by atoms with E-state index in [0.717, 1.165) is 24.5 Å². The van der Waals surface area contributed by atoms with Crippen molar-refractivity contribution in [2.24, 2.45) is 7.05 Å². The van der Waals surface area contributed by atoms with Gasteiger partial charge in [0.1, 0.15) is 18.0 Å². The third-order valence-corrected chi connectivity index (χ3v) is 2.81. The second-order valence-corrected chi connectivity index (χ2v) is 4.45. The molecule has 0 spiro atoms. The van der Waals surface area contributed by atoms with Gasteiger partial charge >= 0.3 is 0 Å². The van der Waals surface area contributed by atoms with Crippen LogP contribution in [0.1, 0.15) is 11.4 Å². The van der Waals surface area contributed by atoms with E-state index in [1.54, 1.807) is 23.1 Å². The molecule has 0 unspecified atom stereocenters. The Kier molecular flexibility index (Phi) is 4.41. The molecule has 0 atom stereocenters. The molecule has 0 saturated carbocycles. The normalized spacial score (nSPS) is 11.6. The lowest BCUT2D eigenvalue weighted by Crippen LogP contribution is -2.20. The Morgan fingerprint density at radius 1 is 1.32 bits per heavy atom. The highest BCUT2D eigenvalue weighted by Gasteiger charge is 2.03. The highest BCUT2D eigenvalue weighted by atomic mass is 19.1. The SMILES string of the molecule is CN(C/C=C/c1ccc(F)cc1)Cc1ncnn1C. The number of likely N-dealkylation sites (N-methyl/N-ethyl adjacent to an activating group) is 1. The van der Waals surface area contributed by atoms with E-state index >= 15 is 0 Å². The number of rotatable bonds is 5. The minimum absolute atomic E-state index is 0.212. The van der Waals surface area contributed by atoms with Crippen molar-refractivity contribution in [1.29, 1.82) is 0 Å². The molecule has 0 amide bonds. The monoisotopic (exact) mass is 260 g/mol. The second-order valence-electron chi connectivity index (χ2n) is 4.45. The largest absolute Gasteiger partial charge is 0.295 e. The van der Waals surface area contributed by atoms with Crippen LogP contribution >= 0.6 is 0 Å². The van der Waals surface area contributed by atoms with Crippen molar-refractivity contribution in [3.63, 3.8) is 0 Å². The average Bonchev–Trinajstić information content (AvgIpc) is 2.78. The van der Waals surface area contributed by atoms with E-state index in [0.29, 0.717) is 0 Å².